The first-order valence-corrected chi connectivity index (χ1v) is 6.09. The molecule has 0 bridgehead atoms. The number of benzene rings is 1. The zero-order chi connectivity index (χ0) is 15.2. The highest BCUT2D eigenvalue weighted by Crippen LogP contribution is 2.25. The van der Waals surface area contributed by atoms with Gasteiger partial charge < -0.3 is 10.1 Å². The summed E-state index contributed by atoms with van der Waals surface area (Å²) in [6.45, 7) is 1.44. The summed E-state index contributed by atoms with van der Waals surface area (Å²) in [5.41, 5.74) is 0.302. The van der Waals surface area contributed by atoms with Gasteiger partial charge in [-0.1, -0.05) is 24.2 Å². The predicted octanol–water partition coefficient (Wildman–Crippen LogP) is 1.56. The Morgan fingerprint density at radius 2 is 2.19 bits per heavy atom. The Bertz CT molecular complexity index is 655. The van der Waals surface area contributed by atoms with Gasteiger partial charge in [0, 0.05) is 6.07 Å². The number of rotatable bonds is 6. The van der Waals surface area contributed by atoms with Gasteiger partial charge in [-0.3, -0.25) is 14.9 Å². The Hall–Kier alpha value is -2.97. The lowest BCUT2D eigenvalue weighted by atomic mass is 10.3. The zero-order valence-electron chi connectivity index (χ0n) is 11.1. The number of carbonyl (C=O) groups excluding carboxylic acids is 1. The quantitative estimate of drug-likeness (QED) is 0.633. The average Bonchev–Trinajstić information content (AvgIpc) is 2.92. The minimum absolute atomic E-state index is 0.0200. The molecule has 2 aromatic rings. The van der Waals surface area contributed by atoms with Gasteiger partial charge in [0.15, 0.2) is 12.4 Å². The van der Waals surface area contributed by atoms with E-state index in [9.17, 15) is 14.9 Å². The molecule has 1 heterocycles. The topological polar surface area (TPSA) is 120 Å². The van der Waals surface area contributed by atoms with E-state index in [1.165, 1.54) is 18.2 Å². The molecule has 0 radical (unpaired) electrons. The van der Waals surface area contributed by atoms with E-state index in [4.69, 9.17) is 4.74 Å². The second-order valence-corrected chi connectivity index (χ2v) is 3.97. The highest BCUT2D eigenvalue weighted by atomic mass is 16.6. The molecule has 9 nitrogen and oxygen atoms in total. The summed E-state index contributed by atoms with van der Waals surface area (Å²) in [7, 11) is 0. The van der Waals surface area contributed by atoms with Gasteiger partial charge in [0.25, 0.3) is 5.91 Å². The minimum Gasteiger partial charge on any atom is -0.477 e. The molecule has 110 valence electrons. The van der Waals surface area contributed by atoms with Crippen LogP contribution in [0.1, 0.15) is 12.6 Å². The van der Waals surface area contributed by atoms with Crippen molar-refractivity contribution in [2.45, 2.75) is 13.3 Å². The highest BCUT2D eigenvalue weighted by Gasteiger charge is 2.16. The third-order valence-corrected chi connectivity index (χ3v) is 2.57. The van der Waals surface area contributed by atoms with Crippen LogP contribution in [0.5, 0.6) is 5.75 Å². The maximum atomic E-state index is 11.7. The lowest BCUT2D eigenvalue weighted by Gasteiger charge is -2.06. The molecule has 0 unspecified atom stereocenters. The smallest absolute Gasteiger partial charge is 0.310 e. The van der Waals surface area contributed by atoms with Crippen molar-refractivity contribution in [3.05, 3.63) is 40.1 Å². The molecule has 0 saturated heterocycles. The van der Waals surface area contributed by atoms with Crippen LogP contribution in [-0.4, -0.2) is 27.8 Å². The Morgan fingerprint density at radius 3 is 2.90 bits per heavy atom. The number of carbonyl (C=O) groups is 1. The fourth-order valence-corrected chi connectivity index (χ4v) is 1.57. The number of amides is 1. The fourth-order valence-electron chi connectivity index (χ4n) is 1.57. The summed E-state index contributed by atoms with van der Waals surface area (Å²) in [5, 5.41) is 20.4. The summed E-state index contributed by atoms with van der Waals surface area (Å²) >= 11 is 0. The van der Waals surface area contributed by atoms with E-state index in [0.29, 0.717) is 12.1 Å². The number of hydrogen-bond acceptors (Lipinski definition) is 7. The van der Waals surface area contributed by atoms with Crippen LogP contribution in [-0.2, 0) is 11.2 Å². The molecule has 0 aliphatic carbocycles. The Labute approximate surface area is 119 Å². The van der Waals surface area contributed by atoms with Crippen molar-refractivity contribution in [1.82, 2.24) is 10.3 Å². The molecule has 1 amide bonds. The molecule has 21 heavy (non-hydrogen) atoms. The van der Waals surface area contributed by atoms with E-state index in [-0.39, 0.29) is 23.9 Å². The van der Waals surface area contributed by atoms with Crippen LogP contribution >= 0.6 is 0 Å². The number of aromatic nitrogens is 2. The van der Waals surface area contributed by atoms with Crippen molar-refractivity contribution in [3.8, 4) is 5.75 Å². The first kappa shape index (κ1) is 14.4. The molecular formula is C12H12N4O5. The summed E-state index contributed by atoms with van der Waals surface area (Å²) < 4.78 is 9.66. The van der Waals surface area contributed by atoms with Crippen LogP contribution in [0, 0.1) is 10.1 Å². The molecule has 0 spiro atoms. The Balaban J connectivity index is 1.97. The largest absolute Gasteiger partial charge is 0.477 e. The average molecular weight is 292 g/mol. The van der Waals surface area contributed by atoms with Gasteiger partial charge in [-0.25, -0.2) is 4.63 Å². The summed E-state index contributed by atoms with van der Waals surface area (Å²) in [6.07, 6.45) is 0.546. The molecule has 1 aromatic heterocycles. The number of anilines is 1. The fraction of sp³-hybridized carbons (Fsp3) is 0.250. The molecule has 0 aliphatic heterocycles. The number of nitrogens with one attached hydrogen (secondary N) is 1. The van der Waals surface area contributed by atoms with E-state index in [1.54, 1.807) is 6.07 Å². The minimum atomic E-state index is -0.579. The monoisotopic (exact) mass is 292 g/mol. The van der Waals surface area contributed by atoms with Crippen LogP contribution < -0.4 is 10.1 Å². The normalized spacial score (nSPS) is 10.1. The summed E-state index contributed by atoms with van der Waals surface area (Å²) in [4.78, 5) is 21.9. The predicted molar refractivity (Wildman–Crippen MR) is 70.9 cm³/mol. The second-order valence-electron chi connectivity index (χ2n) is 3.97. The number of ether oxygens (including phenoxy) is 1. The van der Waals surface area contributed by atoms with E-state index in [1.807, 2.05) is 6.92 Å². The van der Waals surface area contributed by atoms with E-state index >= 15 is 0 Å². The molecule has 0 aliphatic rings. The van der Waals surface area contributed by atoms with Crippen LogP contribution in [0.2, 0.25) is 0 Å². The molecule has 0 atom stereocenters. The summed E-state index contributed by atoms with van der Waals surface area (Å²) in [6, 6.07) is 5.81. The van der Waals surface area contributed by atoms with Crippen molar-refractivity contribution < 1.29 is 19.1 Å². The second kappa shape index (κ2) is 6.46. The van der Waals surface area contributed by atoms with Crippen LogP contribution in [0.4, 0.5) is 11.5 Å². The van der Waals surface area contributed by atoms with Gasteiger partial charge >= 0.3 is 5.69 Å². The van der Waals surface area contributed by atoms with Crippen molar-refractivity contribution in [2.24, 2.45) is 0 Å². The molecule has 0 saturated carbocycles. The van der Waals surface area contributed by atoms with Gasteiger partial charge in [0.1, 0.15) is 5.69 Å². The molecule has 1 aromatic carbocycles. The van der Waals surface area contributed by atoms with Crippen LogP contribution in [0.25, 0.3) is 0 Å². The summed E-state index contributed by atoms with van der Waals surface area (Å²) in [5.74, 6) is -0.279. The first-order chi connectivity index (χ1) is 10.1. The van der Waals surface area contributed by atoms with Crippen molar-refractivity contribution in [3.63, 3.8) is 0 Å². The van der Waals surface area contributed by atoms with Gasteiger partial charge in [-0.2, -0.15) is 0 Å². The molecule has 0 fully saturated rings. The van der Waals surface area contributed by atoms with Crippen molar-refractivity contribution >= 4 is 17.4 Å². The number of nitro benzene ring substituents is 1. The number of nitrogens with zero attached hydrogens (tertiary/aromatic N) is 3. The van der Waals surface area contributed by atoms with Crippen molar-refractivity contribution in [1.29, 1.82) is 0 Å². The van der Waals surface area contributed by atoms with E-state index in [0.717, 1.165) is 0 Å². The third-order valence-electron chi connectivity index (χ3n) is 2.57. The SMILES string of the molecule is CCc1nonc1NC(=O)COc1ccccc1[N+](=O)[O-]. The Morgan fingerprint density at radius 1 is 1.43 bits per heavy atom. The van der Waals surface area contributed by atoms with Gasteiger partial charge in [-0.15, -0.1) is 0 Å². The first-order valence-electron chi connectivity index (χ1n) is 6.09. The number of para-hydroxylation sites is 2. The van der Waals surface area contributed by atoms with Crippen LogP contribution in [0.3, 0.4) is 0 Å². The van der Waals surface area contributed by atoms with E-state index < -0.39 is 10.8 Å². The maximum Gasteiger partial charge on any atom is 0.310 e. The lowest BCUT2D eigenvalue weighted by Crippen LogP contribution is -2.21. The highest BCUT2D eigenvalue weighted by molar-refractivity contribution is 5.91. The molecule has 1 N–H and O–H groups in total. The maximum absolute atomic E-state index is 11.7. The molecule has 9 heteroatoms. The number of hydrogen-bond donors (Lipinski definition) is 1. The Kier molecular flexibility index (Phi) is 4.44. The third kappa shape index (κ3) is 3.53. The number of aryl methyl sites for hydroxylation is 1. The standard InChI is InChI=1S/C12H12N4O5/c1-2-8-12(15-21-14-8)13-11(17)7-20-10-6-4-3-5-9(10)16(18)19/h3-6H,2,7H2,1H3,(H,13,15,17). The lowest BCUT2D eigenvalue weighted by molar-refractivity contribution is -0.385. The van der Waals surface area contributed by atoms with Gasteiger partial charge in [0.05, 0.1) is 4.92 Å². The van der Waals surface area contributed by atoms with Gasteiger partial charge in [0.2, 0.25) is 5.82 Å². The molecular weight excluding hydrogens is 280 g/mol. The zero-order valence-corrected chi connectivity index (χ0v) is 11.1. The van der Waals surface area contributed by atoms with Crippen molar-refractivity contribution in [2.75, 3.05) is 11.9 Å². The van der Waals surface area contributed by atoms with Gasteiger partial charge in [-0.05, 0) is 17.6 Å². The molecule has 2 rings (SSSR count). The van der Waals surface area contributed by atoms with E-state index in [2.05, 4.69) is 20.3 Å². The van der Waals surface area contributed by atoms with Crippen LogP contribution in [0.15, 0.2) is 28.9 Å². The number of nitro groups is 1.